The van der Waals surface area contributed by atoms with Crippen molar-refractivity contribution in [2.75, 3.05) is 0 Å². The number of nitrogens with one attached hydrogen (secondary N) is 1. The van der Waals surface area contributed by atoms with Crippen LogP contribution in [0.5, 0.6) is 0 Å². The van der Waals surface area contributed by atoms with Crippen LogP contribution < -0.4 is 5.32 Å². The third kappa shape index (κ3) is 5.41. The van der Waals surface area contributed by atoms with E-state index < -0.39 is 0 Å². The maximum absolute atomic E-state index is 12.6. The zero-order valence-corrected chi connectivity index (χ0v) is 16.3. The largest absolute Gasteiger partial charge is 0.349 e. The third-order valence-electron chi connectivity index (χ3n) is 4.50. The lowest BCUT2D eigenvalue weighted by Gasteiger charge is -2.27. The lowest BCUT2D eigenvalue weighted by molar-refractivity contribution is -0.122. The van der Waals surface area contributed by atoms with E-state index in [0.29, 0.717) is 12.8 Å². The molecule has 0 fully saturated rings. The van der Waals surface area contributed by atoms with Crippen LogP contribution in [0.2, 0.25) is 0 Å². The van der Waals surface area contributed by atoms with E-state index in [2.05, 4.69) is 36.2 Å². The van der Waals surface area contributed by atoms with E-state index in [1.807, 2.05) is 43.9 Å². The van der Waals surface area contributed by atoms with Gasteiger partial charge >= 0.3 is 0 Å². The van der Waals surface area contributed by atoms with Crippen LogP contribution >= 0.6 is 0 Å². The minimum absolute atomic E-state index is 0.0164. The highest BCUT2D eigenvalue weighted by Gasteiger charge is 2.22. The molecule has 0 bridgehead atoms. The van der Waals surface area contributed by atoms with Crippen molar-refractivity contribution in [2.24, 2.45) is 12.5 Å². The van der Waals surface area contributed by atoms with Crippen LogP contribution in [-0.4, -0.2) is 20.7 Å². The molecule has 1 atom stereocenters. The molecule has 1 amide bonds. The van der Waals surface area contributed by atoms with Crippen LogP contribution in [0.15, 0.2) is 24.5 Å². The van der Waals surface area contributed by atoms with Crippen LogP contribution in [0.3, 0.4) is 0 Å². The Balaban J connectivity index is 2.04. The number of aromatic nitrogens is 3. The average molecular weight is 342 g/mol. The summed E-state index contributed by atoms with van der Waals surface area (Å²) in [5.41, 5.74) is 4.48. The van der Waals surface area contributed by atoms with E-state index in [-0.39, 0.29) is 17.4 Å². The molecule has 0 aliphatic heterocycles. The van der Waals surface area contributed by atoms with Gasteiger partial charge in [0.2, 0.25) is 5.91 Å². The van der Waals surface area contributed by atoms with Crippen molar-refractivity contribution in [3.8, 4) is 0 Å². The number of amides is 1. The Hall–Kier alpha value is -2.17. The lowest BCUT2D eigenvalue weighted by Crippen LogP contribution is -2.31. The molecule has 5 heteroatoms. The van der Waals surface area contributed by atoms with Gasteiger partial charge in [-0.25, -0.2) is 0 Å². The van der Waals surface area contributed by atoms with Crippen LogP contribution in [0.1, 0.15) is 62.2 Å². The zero-order chi connectivity index (χ0) is 18.6. The Bertz CT molecular complexity index is 713. The van der Waals surface area contributed by atoms with Crippen LogP contribution in [-0.2, 0) is 18.3 Å². The summed E-state index contributed by atoms with van der Waals surface area (Å²) >= 11 is 0. The third-order valence-corrected chi connectivity index (χ3v) is 4.50. The molecule has 1 unspecified atom stereocenters. The molecular weight excluding hydrogens is 312 g/mol. The summed E-state index contributed by atoms with van der Waals surface area (Å²) in [7, 11) is 1.94. The Morgan fingerprint density at radius 1 is 1.32 bits per heavy atom. The standard InChI is InChI=1S/C20H30N4O/c1-14-17(15(2)24(6)23-14)9-10-19(25)22-18(12-20(3,4)5)16-8-7-11-21-13-16/h7-8,11,13,18H,9-10,12H2,1-6H3,(H,22,25). The topological polar surface area (TPSA) is 59.8 Å². The highest BCUT2D eigenvalue weighted by atomic mass is 16.1. The predicted molar refractivity (Wildman–Crippen MR) is 100 cm³/mol. The first kappa shape index (κ1) is 19.2. The van der Waals surface area contributed by atoms with Gasteiger partial charge in [-0.05, 0) is 49.3 Å². The van der Waals surface area contributed by atoms with Gasteiger partial charge in [0.05, 0.1) is 11.7 Å². The van der Waals surface area contributed by atoms with E-state index in [0.717, 1.165) is 23.4 Å². The zero-order valence-electron chi connectivity index (χ0n) is 16.3. The summed E-state index contributed by atoms with van der Waals surface area (Å²) in [4.78, 5) is 16.8. The van der Waals surface area contributed by atoms with Gasteiger partial charge in [-0.15, -0.1) is 0 Å². The van der Waals surface area contributed by atoms with E-state index >= 15 is 0 Å². The second-order valence-corrected chi connectivity index (χ2v) is 7.94. The van der Waals surface area contributed by atoms with Gasteiger partial charge in [-0.1, -0.05) is 26.8 Å². The summed E-state index contributed by atoms with van der Waals surface area (Å²) in [6.45, 7) is 10.6. The molecule has 0 aliphatic rings. The van der Waals surface area contributed by atoms with Crippen molar-refractivity contribution in [3.05, 3.63) is 47.0 Å². The van der Waals surface area contributed by atoms with E-state index in [4.69, 9.17) is 0 Å². The fraction of sp³-hybridized carbons (Fsp3) is 0.550. The fourth-order valence-electron chi connectivity index (χ4n) is 3.13. The minimum Gasteiger partial charge on any atom is -0.349 e. The Kier molecular flexibility index (Phi) is 5.98. The molecule has 2 aromatic heterocycles. The van der Waals surface area contributed by atoms with Gasteiger partial charge in [0.25, 0.3) is 0 Å². The number of pyridine rings is 1. The van der Waals surface area contributed by atoms with Gasteiger partial charge in [-0.2, -0.15) is 5.10 Å². The quantitative estimate of drug-likeness (QED) is 0.871. The molecule has 5 nitrogen and oxygen atoms in total. The molecule has 0 saturated carbocycles. The molecule has 0 aromatic carbocycles. The smallest absolute Gasteiger partial charge is 0.220 e. The monoisotopic (exact) mass is 342 g/mol. The van der Waals surface area contributed by atoms with Crippen molar-refractivity contribution in [2.45, 2.75) is 59.9 Å². The Morgan fingerprint density at radius 2 is 2.04 bits per heavy atom. The van der Waals surface area contributed by atoms with Crippen molar-refractivity contribution < 1.29 is 4.79 Å². The molecule has 1 N–H and O–H groups in total. The summed E-state index contributed by atoms with van der Waals surface area (Å²) in [5.74, 6) is 0.0701. The number of aryl methyl sites for hydroxylation is 2. The normalized spacial score (nSPS) is 12.9. The van der Waals surface area contributed by atoms with Gasteiger partial charge in [0.1, 0.15) is 0 Å². The summed E-state index contributed by atoms with van der Waals surface area (Å²) in [6.07, 6.45) is 5.65. The van der Waals surface area contributed by atoms with E-state index in [9.17, 15) is 4.79 Å². The Labute approximate surface area is 150 Å². The van der Waals surface area contributed by atoms with Crippen LogP contribution in [0.25, 0.3) is 0 Å². The number of hydrogen-bond acceptors (Lipinski definition) is 3. The second-order valence-electron chi connectivity index (χ2n) is 7.94. The van der Waals surface area contributed by atoms with Gasteiger partial charge in [0.15, 0.2) is 0 Å². The lowest BCUT2D eigenvalue weighted by atomic mass is 9.85. The van der Waals surface area contributed by atoms with E-state index in [1.54, 1.807) is 6.20 Å². The number of carbonyl (C=O) groups excluding carboxylic acids is 1. The Morgan fingerprint density at radius 3 is 2.56 bits per heavy atom. The molecule has 0 aliphatic carbocycles. The molecule has 0 spiro atoms. The molecule has 0 radical (unpaired) electrons. The molecule has 2 heterocycles. The number of carbonyl (C=O) groups is 1. The summed E-state index contributed by atoms with van der Waals surface area (Å²) < 4.78 is 1.88. The summed E-state index contributed by atoms with van der Waals surface area (Å²) in [6, 6.07) is 3.93. The molecule has 25 heavy (non-hydrogen) atoms. The molecule has 2 aromatic rings. The first-order chi connectivity index (χ1) is 11.7. The van der Waals surface area contributed by atoms with Gasteiger partial charge < -0.3 is 5.32 Å². The molecule has 2 rings (SSSR count). The predicted octanol–water partition coefficient (Wildman–Crippen LogP) is 3.66. The van der Waals surface area contributed by atoms with Crippen molar-refractivity contribution in [3.63, 3.8) is 0 Å². The van der Waals surface area contributed by atoms with Crippen LogP contribution in [0.4, 0.5) is 0 Å². The minimum atomic E-state index is -0.0164. The average Bonchev–Trinajstić information content (AvgIpc) is 2.77. The highest BCUT2D eigenvalue weighted by Crippen LogP contribution is 2.29. The number of hydrogen-bond donors (Lipinski definition) is 1. The van der Waals surface area contributed by atoms with Gasteiger partial charge in [0, 0.05) is 31.6 Å². The number of nitrogens with zero attached hydrogens (tertiary/aromatic N) is 3. The number of rotatable bonds is 6. The molecule has 0 saturated heterocycles. The van der Waals surface area contributed by atoms with E-state index in [1.165, 1.54) is 5.56 Å². The van der Waals surface area contributed by atoms with Crippen LogP contribution in [0, 0.1) is 19.3 Å². The molecular formula is C20H30N4O. The highest BCUT2D eigenvalue weighted by molar-refractivity contribution is 5.76. The molecule has 136 valence electrons. The fourth-order valence-corrected chi connectivity index (χ4v) is 3.13. The van der Waals surface area contributed by atoms with Crippen molar-refractivity contribution in [1.82, 2.24) is 20.1 Å². The van der Waals surface area contributed by atoms with Gasteiger partial charge in [-0.3, -0.25) is 14.5 Å². The maximum Gasteiger partial charge on any atom is 0.220 e. The summed E-state index contributed by atoms with van der Waals surface area (Å²) in [5, 5.41) is 7.62. The second kappa shape index (κ2) is 7.81. The van der Waals surface area contributed by atoms with Crippen molar-refractivity contribution in [1.29, 1.82) is 0 Å². The SMILES string of the molecule is Cc1nn(C)c(C)c1CCC(=O)NC(CC(C)(C)C)c1cccnc1. The maximum atomic E-state index is 12.6. The first-order valence-corrected chi connectivity index (χ1v) is 8.86. The first-order valence-electron chi connectivity index (χ1n) is 8.86. The van der Waals surface area contributed by atoms with Crippen molar-refractivity contribution >= 4 is 5.91 Å².